The van der Waals surface area contributed by atoms with E-state index in [2.05, 4.69) is 15.0 Å². The number of benzene rings is 1. The van der Waals surface area contributed by atoms with Gasteiger partial charge in [0.2, 0.25) is 0 Å². The van der Waals surface area contributed by atoms with Crippen molar-refractivity contribution in [3.8, 4) is 17.0 Å². The second kappa shape index (κ2) is 7.15. The van der Waals surface area contributed by atoms with Crippen molar-refractivity contribution < 1.29 is 14.1 Å². The highest BCUT2D eigenvalue weighted by atomic mass is 16.5. The van der Waals surface area contributed by atoms with Gasteiger partial charge in [-0.3, -0.25) is 9.69 Å². The Morgan fingerprint density at radius 3 is 2.83 bits per heavy atom. The highest BCUT2D eigenvalue weighted by Crippen LogP contribution is 2.30. The molecule has 1 aromatic carbocycles. The third kappa shape index (κ3) is 3.15. The number of hydrogen-bond acceptors (Lipinski definition) is 6. The van der Waals surface area contributed by atoms with Crippen molar-refractivity contribution in [2.24, 2.45) is 0 Å². The Morgan fingerprint density at radius 2 is 2.03 bits per heavy atom. The fourth-order valence-electron chi connectivity index (χ4n) is 4.52. The third-order valence-electron chi connectivity index (χ3n) is 6.11. The SMILES string of the molecule is COc1ccc(-c2cc(C(=O)N3CCN4CCC[C@@H]4C3)c3c(C)noc3n2)cc1. The molecule has 0 saturated carbocycles. The fourth-order valence-corrected chi connectivity index (χ4v) is 4.52. The van der Waals surface area contributed by atoms with Gasteiger partial charge in [-0.15, -0.1) is 0 Å². The first-order chi connectivity index (χ1) is 14.1. The van der Waals surface area contributed by atoms with Gasteiger partial charge in [0.05, 0.1) is 29.4 Å². The number of hydrogen-bond donors (Lipinski definition) is 0. The van der Waals surface area contributed by atoms with Gasteiger partial charge in [-0.2, -0.15) is 0 Å². The molecule has 150 valence electrons. The van der Waals surface area contributed by atoms with Crippen LogP contribution in [0.25, 0.3) is 22.4 Å². The number of amides is 1. The smallest absolute Gasteiger partial charge is 0.259 e. The molecule has 1 atom stereocenters. The molecule has 2 aliphatic heterocycles. The van der Waals surface area contributed by atoms with E-state index >= 15 is 0 Å². The van der Waals surface area contributed by atoms with Crippen molar-refractivity contribution >= 4 is 17.0 Å². The zero-order valence-corrected chi connectivity index (χ0v) is 16.7. The fraction of sp³-hybridized carbons (Fsp3) is 0.409. The summed E-state index contributed by atoms with van der Waals surface area (Å²) in [6.45, 7) is 5.48. The first-order valence-electron chi connectivity index (χ1n) is 10.1. The number of nitrogens with zero attached hydrogens (tertiary/aromatic N) is 4. The van der Waals surface area contributed by atoms with E-state index in [1.807, 2.05) is 42.2 Å². The molecule has 0 N–H and O–H groups in total. The highest BCUT2D eigenvalue weighted by molar-refractivity contribution is 6.07. The molecule has 0 unspecified atom stereocenters. The maximum absolute atomic E-state index is 13.5. The molecule has 5 rings (SSSR count). The summed E-state index contributed by atoms with van der Waals surface area (Å²) in [5.41, 5.74) is 3.30. The van der Waals surface area contributed by atoms with Crippen LogP contribution in [0.15, 0.2) is 34.9 Å². The van der Waals surface area contributed by atoms with E-state index in [0.29, 0.717) is 34.1 Å². The lowest BCUT2D eigenvalue weighted by Gasteiger charge is -2.37. The maximum Gasteiger partial charge on any atom is 0.259 e. The Kier molecular flexibility index (Phi) is 4.47. The number of methoxy groups -OCH3 is 1. The lowest BCUT2D eigenvalue weighted by atomic mass is 10.0. The molecule has 0 aliphatic carbocycles. The lowest BCUT2D eigenvalue weighted by Crippen LogP contribution is -2.52. The Morgan fingerprint density at radius 1 is 1.21 bits per heavy atom. The number of aryl methyl sites for hydroxylation is 1. The summed E-state index contributed by atoms with van der Waals surface area (Å²) in [6.07, 6.45) is 2.39. The maximum atomic E-state index is 13.5. The zero-order chi connectivity index (χ0) is 20.0. The van der Waals surface area contributed by atoms with Crippen LogP contribution in [0.1, 0.15) is 28.9 Å². The standard InChI is InChI=1S/C22H24N4O3/c1-14-20-18(22(27)26-11-10-25-9-3-4-16(25)13-26)12-19(23-21(20)29-24-14)15-5-7-17(28-2)8-6-15/h5-8,12,16H,3-4,9-11,13H2,1-2H3/t16-/m1/s1. The van der Waals surface area contributed by atoms with Gasteiger partial charge < -0.3 is 14.2 Å². The van der Waals surface area contributed by atoms with Crippen LogP contribution in [-0.2, 0) is 0 Å². The molecule has 0 bridgehead atoms. The van der Waals surface area contributed by atoms with E-state index in [4.69, 9.17) is 9.26 Å². The van der Waals surface area contributed by atoms with Gasteiger partial charge in [0.15, 0.2) is 0 Å². The van der Waals surface area contributed by atoms with Crippen molar-refractivity contribution in [1.29, 1.82) is 0 Å². The van der Waals surface area contributed by atoms with Crippen LogP contribution in [0.4, 0.5) is 0 Å². The Labute approximate surface area is 169 Å². The monoisotopic (exact) mass is 392 g/mol. The van der Waals surface area contributed by atoms with Gasteiger partial charge >= 0.3 is 0 Å². The predicted molar refractivity (Wildman–Crippen MR) is 109 cm³/mol. The second-order valence-electron chi connectivity index (χ2n) is 7.81. The largest absolute Gasteiger partial charge is 0.497 e. The molecular weight excluding hydrogens is 368 g/mol. The van der Waals surface area contributed by atoms with Gasteiger partial charge in [0.25, 0.3) is 11.6 Å². The minimum atomic E-state index is 0.0324. The Balaban J connectivity index is 1.54. The minimum Gasteiger partial charge on any atom is -0.497 e. The van der Waals surface area contributed by atoms with Gasteiger partial charge in [-0.25, -0.2) is 4.98 Å². The van der Waals surface area contributed by atoms with Crippen LogP contribution in [-0.4, -0.2) is 65.2 Å². The molecule has 2 aromatic heterocycles. The molecule has 0 spiro atoms. The molecule has 4 heterocycles. The summed E-state index contributed by atoms with van der Waals surface area (Å²) in [5.74, 6) is 0.807. The van der Waals surface area contributed by atoms with Crippen molar-refractivity contribution in [3.05, 3.63) is 41.6 Å². The van der Waals surface area contributed by atoms with Crippen LogP contribution in [0, 0.1) is 6.92 Å². The van der Waals surface area contributed by atoms with E-state index in [-0.39, 0.29) is 5.91 Å². The highest BCUT2D eigenvalue weighted by Gasteiger charge is 2.34. The summed E-state index contributed by atoms with van der Waals surface area (Å²) in [7, 11) is 1.64. The molecule has 0 radical (unpaired) electrons. The summed E-state index contributed by atoms with van der Waals surface area (Å²) in [5, 5.41) is 4.77. The van der Waals surface area contributed by atoms with Crippen LogP contribution in [0.5, 0.6) is 5.75 Å². The zero-order valence-electron chi connectivity index (χ0n) is 16.7. The molecule has 2 fully saturated rings. The molecular formula is C22H24N4O3. The quantitative estimate of drug-likeness (QED) is 0.682. The van der Waals surface area contributed by atoms with Crippen LogP contribution < -0.4 is 4.74 Å². The van der Waals surface area contributed by atoms with Gasteiger partial charge in [0, 0.05) is 31.2 Å². The van der Waals surface area contributed by atoms with Crippen LogP contribution in [0.3, 0.4) is 0 Å². The Bertz CT molecular complexity index is 1060. The topological polar surface area (TPSA) is 71.7 Å². The van der Waals surface area contributed by atoms with Crippen molar-refractivity contribution in [1.82, 2.24) is 19.9 Å². The number of piperazine rings is 1. The summed E-state index contributed by atoms with van der Waals surface area (Å²) in [4.78, 5) is 22.6. The Hall–Kier alpha value is -2.93. The van der Waals surface area contributed by atoms with E-state index in [1.54, 1.807) is 7.11 Å². The summed E-state index contributed by atoms with van der Waals surface area (Å²) < 4.78 is 10.7. The van der Waals surface area contributed by atoms with E-state index in [1.165, 1.54) is 12.8 Å². The molecule has 1 amide bonds. The first kappa shape index (κ1) is 18.1. The molecule has 29 heavy (non-hydrogen) atoms. The van der Waals surface area contributed by atoms with Crippen LogP contribution >= 0.6 is 0 Å². The number of rotatable bonds is 3. The predicted octanol–water partition coefficient (Wildman–Crippen LogP) is 3.13. The average molecular weight is 392 g/mol. The molecule has 7 nitrogen and oxygen atoms in total. The number of carbonyl (C=O) groups is 1. The average Bonchev–Trinajstić information content (AvgIpc) is 3.38. The first-order valence-corrected chi connectivity index (χ1v) is 10.1. The molecule has 7 heteroatoms. The normalized spacial score (nSPS) is 19.5. The number of ether oxygens (including phenoxy) is 1. The molecule has 2 aliphatic rings. The molecule has 2 saturated heterocycles. The summed E-state index contributed by atoms with van der Waals surface area (Å²) in [6, 6.07) is 9.98. The number of pyridine rings is 1. The van der Waals surface area contributed by atoms with Crippen LogP contribution in [0.2, 0.25) is 0 Å². The van der Waals surface area contributed by atoms with Gasteiger partial charge in [-0.05, 0) is 56.6 Å². The van der Waals surface area contributed by atoms with Gasteiger partial charge in [0.1, 0.15) is 5.75 Å². The lowest BCUT2D eigenvalue weighted by molar-refractivity contribution is 0.0573. The molecule has 3 aromatic rings. The number of aromatic nitrogens is 2. The summed E-state index contributed by atoms with van der Waals surface area (Å²) >= 11 is 0. The number of carbonyl (C=O) groups excluding carboxylic acids is 1. The number of fused-ring (bicyclic) bond motifs is 2. The van der Waals surface area contributed by atoms with E-state index in [9.17, 15) is 4.79 Å². The van der Waals surface area contributed by atoms with E-state index in [0.717, 1.165) is 37.5 Å². The van der Waals surface area contributed by atoms with E-state index < -0.39 is 0 Å². The second-order valence-corrected chi connectivity index (χ2v) is 7.81. The van der Waals surface area contributed by atoms with Crippen molar-refractivity contribution in [2.45, 2.75) is 25.8 Å². The van der Waals surface area contributed by atoms with Crippen molar-refractivity contribution in [3.63, 3.8) is 0 Å². The van der Waals surface area contributed by atoms with Gasteiger partial charge in [-0.1, -0.05) is 5.16 Å². The minimum absolute atomic E-state index is 0.0324. The third-order valence-corrected chi connectivity index (χ3v) is 6.11. The van der Waals surface area contributed by atoms with Crippen molar-refractivity contribution in [2.75, 3.05) is 33.3 Å².